The average Bonchev–Trinajstić information content (AvgIpc) is 2.79. The maximum absolute atomic E-state index is 13.0. The Morgan fingerprint density at radius 3 is 2.58 bits per heavy atom. The molecule has 1 aliphatic heterocycles. The third-order valence-corrected chi connectivity index (χ3v) is 7.71. The molecule has 2 aromatic carbocycles. The van der Waals surface area contributed by atoms with Gasteiger partial charge in [0.15, 0.2) is 0 Å². The zero-order valence-electron chi connectivity index (χ0n) is 18.1. The van der Waals surface area contributed by atoms with E-state index in [0.29, 0.717) is 19.6 Å². The van der Waals surface area contributed by atoms with Crippen molar-refractivity contribution in [2.75, 3.05) is 26.3 Å². The van der Waals surface area contributed by atoms with Crippen LogP contribution >= 0.6 is 11.6 Å². The van der Waals surface area contributed by atoms with Crippen LogP contribution in [0.15, 0.2) is 50.5 Å². The molecule has 2 heterocycles. The van der Waals surface area contributed by atoms with E-state index in [0.717, 1.165) is 16.5 Å². The van der Waals surface area contributed by atoms with E-state index < -0.39 is 21.6 Å². The van der Waals surface area contributed by atoms with Crippen LogP contribution in [0.5, 0.6) is 5.75 Å². The van der Waals surface area contributed by atoms with Crippen molar-refractivity contribution in [3.63, 3.8) is 0 Å². The number of halogens is 1. The lowest BCUT2D eigenvalue weighted by molar-refractivity contribution is 0.0726. The molecule has 10 heteroatoms. The fourth-order valence-corrected chi connectivity index (χ4v) is 5.30. The van der Waals surface area contributed by atoms with Crippen LogP contribution in [0.25, 0.3) is 11.0 Å². The highest BCUT2D eigenvalue weighted by Crippen LogP contribution is 2.30. The summed E-state index contributed by atoms with van der Waals surface area (Å²) >= 11 is 6.21. The topological polar surface area (TPSA) is 103 Å². The number of hydrogen-bond acceptors (Lipinski definition) is 7. The van der Waals surface area contributed by atoms with Gasteiger partial charge < -0.3 is 13.9 Å². The molecule has 0 aliphatic carbocycles. The van der Waals surface area contributed by atoms with E-state index in [1.807, 2.05) is 6.92 Å². The van der Waals surface area contributed by atoms with Gasteiger partial charge in [-0.3, -0.25) is 0 Å². The summed E-state index contributed by atoms with van der Waals surface area (Å²) in [5.74, 6) is -0.607. The van der Waals surface area contributed by atoms with Gasteiger partial charge in [-0.1, -0.05) is 18.5 Å². The van der Waals surface area contributed by atoms with Crippen LogP contribution in [0.1, 0.15) is 28.4 Å². The maximum atomic E-state index is 13.0. The first-order chi connectivity index (χ1) is 15.7. The second-order valence-electron chi connectivity index (χ2n) is 7.61. The number of ether oxygens (including phenoxy) is 2. The van der Waals surface area contributed by atoms with Crippen molar-refractivity contribution < 1.29 is 27.1 Å². The van der Waals surface area contributed by atoms with Crippen LogP contribution in [-0.2, 0) is 21.2 Å². The van der Waals surface area contributed by atoms with Crippen LogP contribution in [0, 0.1) is 6.92 Å². The molecule has 3 aromatic rings. The molecule has 0 amide bonds. The van der Waals surface area contributed by atoms with Crippen molar-refractivity contribution in [3.8, 4) is 5.75 Å². The zero-order chi connectivity index (χ0) is 23.8. The molecule has 1 aromatic heterocycles. The molecule has 0 N–H and O–H groups in total. The molecule has 1 aliphatic rings. The normalized spacial score (nSPS) is 15.0. The van der Waals surface area contributed by atoms with Gasteiger partial charge in [0.2, 0.25) is 10.0 Å². The minimum Gasteiger partial charge on any atom is -0.423 e. The van der Waals surface area contributed by atoms with Crippen LogP contribution in [0.4, 0.5) is 0 Å². The number of carbonyl (C=O) groups is 1. The second kappa shape index (κ2) is 9.26. The SMILES string of the molecule is CCc1cc2c(C)cc(=O)oc2cc1OC(=O)c1cc(S(=O)(=O)N2CCOCC2)ccc1Cl. The molecule has 0 atom stereocenters. The third kappa shape index (κ3) is 4.67. The molecule has 0 saturated carbocycles. The van der Waals surface area contributed by atoms with E-state index in [2.05, 4.69) is 0 Å². The number of fused-ring (bicyclic) bond motifs is 1. The highest BCUT2D eigenvalue weighted by atomic mass is 35.5. The number of benzene rings is 2. The Balaban J connectivity index is 1.70. The fraction of sp³-hybridized carbons (Fsp3) is 0.304. The summed E-state index contributed by atoms with van der Waals surface area (Å²) < 4.78 is 43.3. The Kier molecular flexibility index (Phi) is 6.58. The molecule has 174 valence electrons. The molecule has 0 radical (unpaired) electrons. The molecule has 8 nitrogen and oxygen atoms in total. The Hall–Kier alpha value is -2.72. The van der Waals surface area contributed by atoms with E-state index >= 15 is 0 Å². The fourth-order valence-electron chi connectivity index (χ4n) is 3.67. The van der Waals surface area contributed by atoms with Crippen molar-refractivity contribution in [3.05, 3.63) is 68.5 Å². The van der Waals surface area contributed by atoms with Gasteiger partial charge in [-0.15, -0.1) is 0 Å². The van der Waals surface area contributed by atoms with E-state index in [9.17, 15) is 18.0 Å². The van der Waals surface area contributed by atoms with E-state index in [-0.39, 0.29) is 39.9 Å². The van der Waals surface area contributed by atoms with Crippen LogP contribution in [-0.4, -0.2) is 45.0 Å². The number of hydrogen-bond donors (Lipinski definition) is 0. The smallest absolute Gasteiger partial charge is 0.345 e. The summed E-state index contributed by atoms with van der Waals surface area (Å²) in [5, 5.41) is 0.796. The van der Waals surface area contributed by atoms with Gasteiger partial charge in [0.05, 0.1) is 28.7 Å². The molecule has 1 fully saturated rings. The lowest BCUT2D eigenvalue weighted by atomic mass is 10.1. The Labute approximate surface area is 195 Å². The predicted molar refractivity (Wildman–Crippen MR) is 123 cm³/mol. The summed E-state index contributed by atoms with van der Waals surface area (Å²) in [4.78, 5) is 24.7. The van der Waals surface area contributed by atoms with Gasteiger partial charge in [0.1, 0.15) is 11.3 Å². The van der Waals surface area contributed by atoms with E-state index in [1.54, 1.807) is 13.0 Å². The number of carbonyl (C=O) groups excluding carboxylic acids is 1. The van der Waals surface area contributed by atoms with Crippen molar-refractivity contribution in [2.24, 2.45) is 0 Å². The summed E-state index contributed by atoms with van der Waals surface area (Å²) in [5.41, 5.74) is 1.16. The number of esters is 1. The van der Waals surface area contributed by atoms with Gasteiger partial charge in [0.25, 0.3) is 0 Å². The number of aryl methyl sites for hydroxylation is 2. The zero-order valence-corrected chi connectivity index (χ0v) is 19.7. The minimum atomic E-state index is -3.82. The first-order valence-electron chi connectivity index (χ1n) is 10.4. The van der Waals surface area contributed by atoms with Gasteiger partial charge in [-0.05, 0) is 48.7 Å². The monoisotopic (exact) mass is 491 g/mol. The number of nitrogens with zero attached hydrogens (tertiary/aromatic N) is 1. The van der Waals surface area contributed by atoms with Crippen LogP contribution in [0.2, 0.25) is 5.02 Å². The third-order valence-electron chi connectivity index (χ3n) is 5.48. The van der Waals surface area contributed by atoms with Gasteiger partial charge in [-0.25, -0.2) is 18.0 Å². The molecular formula is C23H22ClNO7S. The summed E-state index contributed by atoms with van der Waals surface area (Å²) in [6, 6.07) is 8.61. The average molecular weight is 492 g/mol. The molecule has 1 saturated heterocycles. The summed E-state index contributed by atoms with van der Waals surface area (Å²) in [7, 11) is -3.82. The number of morpholine rings is 1. The standard InChI is InChI=1S/C23H22ClNO7S/c1-3-15-11-17-14(2)10-22(26)31-21(17)13-20(15)32-23(27)18-12-16(4-5-19(18)24)33(28,29)25-6-8-30-9-7-25/h4-5,10-13H,3,6-9H2,1-2H3. The maximum Gasteiger partial charge on any atom is 0.345 e. The van der Waals surface area contributed by atoms with Crippen molar-refractivity contribution >= 4 is 38.6 Å². The van der Waals surface area contributed by atoms with E-state index in [1.165, 1.54) is 34.6 Å². The number of rotatable bonds is 5. The van der Waals surface area contributed by atoms with Gasteiger partial charge in [0, 0.05) is 30.6 Å². The molecule has 4 rings (SSSR count). The van der Waals surface area contributed by atoms with Crippen molar-refractivity contribution in [1.82, 2.24) is 4.31 Å². The summed E-state index contributed by atoms with van der Waals surface area (Å²) in [6.45, 7) is 4.76. The molecule has 0 bridgehead atoms. The summed E-state index contributed by atoms with van der Waals surface area (Å²) in [6.07, 6.45) is 0.552. The highest BCUT2D eigenvalue weighted by Gasteiger charge is 2.28. The minimum absolute atomic E-state index is 0.0575. The predicted octanol–water partition coefficient (Wildman–Crippen LogP) is 3.56. The van der Waals surface area contributed by atoms with Crippen molar-refractivity contribution in [1.29, 1.82) is 0 Å². The Bertz CT molecular complexity index is 1390. The Morgan fingerprint density at radius 1 is 1.15 bits per heavy atom. The lowest BCUT2D eigenvalue weighted by Crippen LogP contribution is -2.40. The quantitative estimate of drug-likeness (QED) is 0.305. The first-order valence-corrected chi connectivity index (χ1v) is 12.2. The molecule has 0 unspecified atom stereocenters. The largest absolute Gasteiger partial charge is 0.423 e. The van der Waals surface area contributed by atoms with Crippen LogP contribution < -0.4 is 10.4 Å². The van der Waals surface area contributed by atoms with Gasteiger partial charge in [-0.2, -0.15) is 4.31 Å². The number of sulfonamides is 1. The van der Waals surface area contributed by atoms with Crippen molar-refractivity contribution in [2.45, 2.75) is 25.2 Å². The van der Waals surface area contributed by atoms with Gasteiger partial charge >= 0.3 is 11.6 Å². The van der Waals surface area contributed by atoms with E-state index in [4.69, 9.17) is 25.5 Å². The van der Waals surface area contributed by atoms with Crippen LogP contribution in [0.3, 0.4) is 0 Å². The molecule has 33 heavy (non-hydrogen) atoms. The molecule has 0 spiro atoms. The first kappa shape index (κ1) is 23.4. The Morgan fingerprint density at radius 2 is 1.88 bits per heavy atom. The second-order valence-corrected chi connectivity index (χ2v) is 9.95. The lowest BCUT2D eigenvalue weighted by Gasteiger charge is -2.26. The molecular weight excluding hydrogens is 470 g/mol. The highest BCUT2D eigenvalue weighted by molar-refractivity contribution is 7.89.